The molecule has 5 nitrogen and oxygen atoms in total. The van der Waals surface area contributed by atoms with Gasteiger partial charge in [0.25, 0.3) is 5.91 Å². The lowest BCUT2D eigenvalue weighted by atomic mass is 10.1. The Hall–Kier alpha value is -2.21. The highest BCUT2D eigenvalue weighted by atomic mass is 19.1. The van der Waals surface area contributed by atoms with E-state index in [1.54, 1.807) is 12.1 Å². The van der Waals surface area contributed by atoms with Crippen LogP contribution in [0.3, 0.4) is 0 Å². The van der Waals surface area contributed by atoms with E-state index in [1.165, 1.54) is 25.0 Å². The molecule has 2 aliphatic rings. The first-order valence-corrected chi connectivity index (χ1v) is 9.48. The van der Waals surface area contributed by atoms with Gasteiger partial charge in [-0.05, 0) is 61.9 Å². The third-order valence-electron chi connectivity index (χ3n) is 5.22. The van der Waals surface area contributed by atoms with Gasteiger partial charge in [-0.1, -0.05) is 12.1 Å². The van der Waals surface area contributed by atoms with Gasteiger partial charge in [-0.25, -0.2) is 4.39 Å². The largest absolute Gasteiger partial charge is 0.333 e. The van der Waals surface area contributed by atoms with Crippen molar-refractivity contribution >= 4 is 5.91 Å². The number of nitrogens with one attached hydrogen (secondary N) is 1. The van der Waals surface area contributed by atoms with Gasteiger partial charge in [0.15, 0.2) is 0 Å². The number of hydrogen-bond acceptors (Lipinski definition) is 3. The maximum absolute atomic E-state index is 13.1. The van der Waals surface area contributed by atoms with E-state index in [0.717, 1.165) is 38.0 Å². The maximum atomic E-state index is 13.1. The first-order chi connectivity index (χ1) is 12.7. The molecule has 4 rings (SSSR count). The van der Waals surface area contributed by atoms with Crippen LogP contribution in [0.25, 0.3) is 0 Å². The van der Waals surface area contributed by atoms with E-state index in [9.17, 15) is 9.18 Å². The molecule has 26 heavy (non-hydrogen) atoms. The van der Waals surface area contributed by atoms with Crippen molar-refractivity contribution in [1.82, 2.24) is 20.0 Å². The van der Waals surface area contributed by atoms with Crippen LogP contribution in [0.15, 0.2) is 36.5 Å². The Morgan fingerprint density at radius 2 is 2.04 bits per heavy atom. The molecule has 2 fully saturated rings. The van der Waals surface area contributed by atoms with E-state index in [-0.39, 0.29) is 11.7 Å². The molecule has 1 aromatic carbocycles. The number of rotatable bonds is 6. The molecule has 1 unspecified atom stereocenters. The van der Waals surface area contributed by atoms with Crippen LogP contribution in [0.4, 0.5) is 4.39 Å². The minimum atomic E-state index is -0.256. The second kappa shape index (κ2) is 7.58. The molecule has 1 aromatic heterocycles. The Labute approximate surface area is 153 Å². The summed E-state index contributed by atoms with van der Waals surface area (Å²) in [6.45, 7) is 3.19. The van der Waals surface area contributed by atoms with Crippen molar-refractivity contribution in [1.29, 1.82) is 0 Å². The van der Waals surface area contributed by atoms with Crippen LogP contribution in [-0.2, 0) is 6.54 Å². The average Bonchev–Trinajstić information content (AvgIpc) is 3.35. The summed E-state index contributed by atoms with van der Waals surface area (Å²) in [4.78, 5) is 14.9. The Morgan fingerprint density at radius 1 is 1.23 bits per heavy atom. The maximum Gasteiger partial charge on any atom is 0.274 e. The van der Waals surface area contributed by atoms with Crippen molar-refractivity contribution in [2.24, 2.45) is 5.92 Å². The zero-order valence-corrected chi connectivity index (χ0v) is 14.9. The van der Waals surface area contributed by atoms with Gasteiger partial charge in [-0.2, -0.15) is 5.10 Å². The van der Waals surface area contributed by atoms with Gasteiger partial charge in [0.2, 0.25) is 0 Å². The second-order valence-electron chi connectivity index (χ2n) is 7.44. The number of halogens is 1. The Balaban J connectivity index is 1.48. The third kappa shape index (κ3) is 4.12. The number of benzene rings is 1. The topological polar surface area (TPSA) is 50.2 Å². The predicted molar refractivity (Wildman–Crippen MR) is 97.2 cm³/mol. The number of nitrogens with zero attached hydrogens (tertiary/aromatic N) is 3. The van der Waals surface area contributed by atoms with Gasteiger partial charge in [0.05, 0.1) is 6.04 Å². The molecule has 1 amide bonds. The molecule has 0 radical (unpaired) electrons. The molecule has 1 atom stereocenters. The van der Waals surface area contributed by atoms with Crippen molar-refractivity contribution in [3.05, 3.63) is 53.6 Å². The molecule has 138 valence electrons. The molecule has 1 aliphatic heterocycles. The van der Waals surface area contributed by atoms with Crippen molar-refractivity contribution < 1.29 is 9.18 Å². The Bertz CT molecular complexity index is 747. The molecule has 2 heterocycles. The molecule has 0 bridgehead atoms. The number of carbonyl (C=O) groups is 1. The molecule has 2 aromatic rings. The third-order valence-corrected chi connectivity index (χ3v) is 5.22. The lowest BCUT2D eigenvalue weighted by Crippen LogP contribution is -2.34. The highest BCUT2D eigenvalue weighted by Gasteiger charge is 2.28. The minimum absolute atomic E-state index is 0.0382. The van der Waals surface area contributed by atoms with Crippen LogP contribution < -0.4 is 5.32 Å². The zero-order valence-electron chi connectivity index (χ0n) is 14.9. The lowest BCUT2D eigenvalue weighted by molar-refractivity contribution is 0.0727. The Kier molecular flexibility index (Phi) is 5.02. The fourth-order valence-corrected chi connectivity index (χ4v) is 3.52. The fourth-order valence-electron chi connectivity index (χ4n) is 3.52. The number of amides is 1. The smallest absolute Gasteiger partial charge is 0.274 e. The van der Waals surface area contributed by atoms with Gasteiger partial charge < -0.3 is 10.2 Å². The summed E-state index contributed by atoms with van der Waals surface area (Å²) >= 11 is 0. The highest BCUT2D eigenvalue weighted by Crippen LogP contribution is 2.30. The fraction of sp³-hybridized carbons (Fsp3) is 0.500. The van der Waals surface area contributed by atoms with E-state index in [2.05, 4.69) is 10.4 Å². The Morgan fingerprint density at radius 3 is 2.73 bits per heavy atom. The molecule has 6 heteroatoms. The summed E-state index contributed by atoms with van der Waals surface area (Å²) in [5.41, 5.74) is 1.44. The predicted octanol–water partition coefficient (Wildman–Crippen LogP) is 3.00. The summed E-state index contributed by atoms with van der Waals surface area (Å²) < 4.78 is 15.1. The summed E-state index contributed by atoms with van der Waals surface area (Å²) in [6.07, 6.45) is 6.48. The van der Waals surface area contributed by atoms with Crippen molar-refractivity contribution in [3.63, 3.8) is 0 Å². The second-order valence-corrected chi connectivity index (χ2v) is 7.44. The summed E-state index contributed by atoms with van der Waals surface area (Å²) in [5, 5.41) is 7.94. The van der Waals surface area contributed by atoms with Crippen LogP contribution in [-0.4, -0.2) is 40.2 Å². The van der Waals surface area contributed by atoms with Crippen LogP contribution in [0, 0.1) is 11.7 Å². The molecule has 1 saturated heterocycles. The summed E-state index contributed by atoms with van der Waals surface area (Å²) in [5.74, 6) is 0.293. The first-order valence-electron chi connectivity index (χ1n) is 9.48. The first kappa shape index (κ1) is 17.2. The quantitative estimate of drug-likeness (QED) is 0.866. The van der Waals surface area contributed by atoms with Crippen LogP contribution in [0.2, 0.25) is 0 Å². The number of carbonyl (C=O) groups excluding carboxylic acids is 1. The van der Waals surface area contributed by atoms with Gasteiger partial charge >= 0.3 is 0 Å². The minimum Gasteiger partial charge on any atom is -0.333 e. The van der Waals surface area contributed by atoms with Gasteiger partial charge in [-0.3, -0.25) is 9.48 Å². The summed E-state index contributed by atoms with van der Waals surface area (Å²) in [6, 6.07) is 8.52. The SMILES string of the molecule is O=C(c1ccn(C2CCCNC2)n1)N(Cc1ccc(F)cc1)CC1CC1. The monoisotopic (exact) mass is 356 g/mol. The molecule has 1 saturated carbocycles. The van der Waals surface area contributed by atoms with E-state index < -0.39 is 0 Å². The molecular formula is C20H25FN4O. The van der Waals surface area contributed by atoms with Crippen molar-refractivity contribution in [3.8, 4) is 0 Å². The van der Waals surface area contributed by atoms with E-state index in [0.29, 0.717) is 24.2 Å². The van der Waals surface area contributed by atoms with Crippen molar-refractivity contribution in [2.75, 3.05) is 19.6 Å². The zero-order chi connectivity index (χ0) is 17.9. The molecule has 0 spiro atoms. The van der Waals surface area contributed by atoms with E-state index in [1.807, 2.05) is 21.8 Å². The van der Waals surface area contributed by atoms with Crippen LogP contribution in [0.1, 0.15) is 47.8 Å². The van der Waals surface area contributed by atoms with Gasteiger partial charge in [-0.15, -0.1) is 0 Å². The van der Waals surface area contributed by atoms with E-state index >= 15 is 0 Å². The molecule has 1 N–H and O–H groups in total. The van der Waals surface area contributed by atoms with Crippen LogP contribution >= 0.6 is 0 Å². The number of aromatic nitrogens is 2. The molecular weight excluding hydrogens is 331 g/mol. The van der Waals surface area contributed by atoms with E-state index in [4.69, 9.17) is 0 Å². The molecule has 1 aliphatic carbocycles. The van der Waals surface area contributed by atoms with Crippen molar-refractivity contribution in [2.45, 2.75) is 38.3 Å². The average molecular weight is 356 g/mol. The van der Waals surface area contributed by atoms with Crippen LogP contribution in [0.5, 0.6) is 0 Å². The number of hydrogen-bond donors (Lipinski definition) is 1. The lowest BCUT2D eigenvalue weighted by Gasteiger charge is -2.23. The highest BCUT2D eigenvalue weighted by molar-refractivity contribution is 5.92. The normalized spacial score (nSPS) is 20.1. The van der Waals surface area contributed by atoms with Gasteiger partial charge in [0.1, 0.15) is 11.5 Å². The number of piperidine rings is 1. The standard InChI is InChI=1S/C20H25FN4O/c21-17-7-5-16(6-8-17)14-24(13-15-3-4-15)20(26)19-9-11-25(23-19)18-2-1-10-22-12-18/h5-9,11,15,18,22H,1-4,10,12-14H2. The summed E-state index contributed by atoms with van der Waals surface area (Å²) in [7, 11) is 0. The van der Waals surface area contributed by atoms with Gasteiger partial charge in [0, 0.05) is 25.8 Å².